The molecule has 7 nitrogen and oxygen atoms in total. The molecule has 172 valence electrons. The van der Waals surface area contributed by atoms with Crippen molar-refractivity contribution in [1.29, 1.82) is 0 Å². The number of carbonyl (C=O) groups is 2. The molecule has 0 spiro atoms. The van der Waals surface area contributed by atoms with E-state index in [9.17, 15) is 18.0 Å². The molecule has 1 N–H and O–H groups in total. The Kier molecular flexibility index (Phi) is 7.63. The number of benzene rings is 3. The van der Waals surface area contributed by atoms with Crippen LogP contribution in [-0.2, 0) is 19.6 Å². The fourth-order valence-electron chi connectivity index (χ4n) is 2.98. The third-order valence-electron chi connectivity index (χ3n) is 4.65. The fraction of sp³-hybridized carbons (Fsp3) is 0.130. The Bertz CT molecular complexity index is 1290. The third-order valence-corrected chi connectivity index (χ3v) is 7.00. The monoisotopic (exact) mass is 506 g/mol. The molecule has 0 fully saturated rings. The minimum Gasteiger partial charge on any atom is -0.465 e. The first-order valence-electron chi connectivity index (χ1n) is 9.64. The van der Waals surface area contributed by atoms with Crippen molar-refractivity contribution in [1.82, 2.24) is 0 Å². The van der Waals surface area contributed by atoms with Crippen LogP contribution in [0, 0.1) is 6.92 Å². The topological polar surface area (TPSA) is 92.8 Å². The molecule has 0 aliphatic heterocycles. The highest BCUT2D eigenvalue weighted by atomic mass is 35.5. The Hall–Kier alpha value is -3.07. The van der Waals surface area contributed by atoms with Gasteiger partial charge in [-0.1, -0.05) is 47.0 Å². The molecular weight excluding hydrogens is 487 g/mol. The lowest BCUT2D eigenvalue weighted by molar-refractivity contribution is -0.114. The lowest BCUT2D eigenvalue weighted by Gasteiger charge is -2.24. The highest BCUT2D eigenvalue weighted by molar-refractivity contribution is 7.92. The maximum absolute atomic E-state index is 13.4. The van der Waals surface area contributed by atoms with Gasteiger partial charge >= 0.3 is 5.97 Å². The van der Waals surface area contributed by atoms with Gasteiger partial charge < -0.3 is 10.1 Å². The number of nitrogens with one attached hydrogen (secondary N) is 1. The number of anilines is 2. The van der Waals surface area contributed by atoms with E-state index in [0.717, 1.165) is 9.87 Å². The second-order valence-electron chi connectivity index (χ2n) is 7.04. The van der Waals surface area contributed by atoms with Crippen molar-refractivity contribution in [2.24, 2.45) is 0 Å². The molecule has 10 heteroatoms. The second kappa shape index (κ2) is 10.2. The number of ether oxygens (including phenoxy) is 1. The van der Waals surface area contributed by atoms with E-state index in [2.05, 4.69) is 10.1 Å². The summed E-state index contributed by atoms with van der Waals surface area (Å²) in [6, 6.07) is 16.8. The molecule has 0 unspecified atom stereocenters. The van der Waals surface area contributed by atoms with Crippen LogP contribution in [0.1, 0.15) is 15.9 Å². The van der Waals surface area contributed by atoms with Crippen molar-refractivity contribution in [2.45, 2.75) is 11.8 Å². The average molecular weight is 507 g/mol. The molecule has 0 saturated carbocycles. The summed E-state index contributed by atoms with van der Waals surface area (Å²) in [5.41, 5.74) is 1.44. The molecule has 0 bridgehead atoms. The normalized spacial score (nSPS) is 11.0. The molecule has 1 amide bonds. The molecule has 0 saturated heterocycles. The van der Waals surface area contributed by atoms with Crippen molar-refractivity contribution in [3.63, 3.8) is 0 Å². The molecule has 33 heavy (non-hydrogen) atoms. The number of halogens is 2. The van der Waals surface area contributed by atoms with E-state index in [1.807, 2.05) is 6.92 Å². The summed E-state index contributed by atoms with van der Waals surface area (Å²) >= 11 is 12.1. The maximum Gasteiger partial charge on any atom is 0.339 e. The summed E-state index contributed by atoms with van der Waals surface area (Å²) < 4.78 is 32.4. The number of amides is 1. The van der Waals surface area contributed by atoms with E-state index in [-0.39, 0.29) is 26.9 Å². The van der Waals surface area contributed by atoms with Gasteiger partial charge in [-0.25, -0.2) is 13.2 Å². The Balaban J connectivity index is 1.93. The van der Waals surface area contributed by atoms with E-state index in [1.54, 1.807) is 30.3 Å². The number of hydrogen-bond donors (Lipinski definition) is 1. The number of hydrogen-bond acceptors (Lipinski definition) is 5. The number of rotatable bonds is 7. The Morgan fingerprint density at radius 2 is 1.70 bits per heavy atom. The van der Waals surface area contributed by atoms with E-state index < -0.39 is 28.4 Å². The lowest BCUT2D eigenvalue weighted by Crippen LogP contribution is -2.38. The van der Waals surface area contributed by atoms with Gasteiger partial charge in [0, 0.05) is 10.7 Å². The van der Waals surface area contributed by atoms with E-state index in [4.69, 9.17) is 23.2 Å². The predicted molar refractivity (Wildman–Crippen MR) is 129 cm³/mol. The van der Waals surface area contributed by atoms with Gasteiger partial charge in [0.25, 0.3) is 10.0 Å². The molecule has 0 radical (unpaired) electrons. The van der Waals surface area contributed by atoms with Gasteiger partial charge in [0.05, 0.1) is 28.3 Å². The summed E-state index contributed by atoms with van der Waals surface area (Å²) in [6.07, 6.45) is 0. The molecule has 3 aromatic rings. The largest absolute Gasteiger partial charge is 0.465 e. The molecule has 0 aliphatic rings. The number of sulfonamides is 1. The van der Waals surface area contributed by atoms with E-state index in [1.165, 1.54) is 43.5 Å². The predicted octanol–water partition coefficient (Wildman–Crippen LogP) is 4.92. The van der Waals surface area contributed by atoms with Crippen LogP contribution in [-0.4, -0.2) is 33.9 Å². The molecule has 0 heterocycles. The molecule has 0 aromatic heterocycles. The van der Waals surface area contributed by atoms with Crippen LogP contribution in [0.25, 0.3) is 0 Å². The Morgan fingerprint density at radius 3 is 2.33 bits per heavy atom. The van der Waals surface area contributed by atoms with Crippen LogP contribution in [0.15, 0.2) is 71.6 Å². The number of esters is 1. The average Bonchev–Trinajstić information content (AvgIpc) is 2.78. The van der Waals surface area contributed by atoms with Crippen molar-refractivity contribution >= 4 is 56.5 Å². The van der Waals surface area contributed by atoms with Crippen LogP contribution < -0.4 is 9.62 Å². The minimum absolute atomic E-state index is 0.0281. The summed E-state index contributed by atoms with van der Waals surface area (Å²) in [5.74, 6) is -1.30. The molecule has 3 aromatic carbocycles. The first kappa shape index (κ1) is 24.6. The van der Waals surface area contributed by atoms with Gasteiger partial charge in [-0.15, -0.1) is 0 Å². The summed E-state index contributed by atoms with van der Waals surface area (Å²) in [4.78, 5) is 24.7. The van der Waals surface area contributed by atoms with Gasteiger partial charge in [0.1, 0.15) is 6.54 Å². The minimum atomic E-state index is -4.09. The van der Waals surface area contributed by atoms with Crippen LogP contribution in [0.3, 0.4) is 0 Å². The molecule has 3 rings (SSSR count). The van der Waals surface area contributed by atoms with Crippen LogP contribution >= 0.6 is 23.2 Å². The zero-order chi connectivity index (χ0) is 24.2. The molecular formula is C23H20Cl2N2O5S. The number of nitrogens with zero attached hydrogens (tertiary/aromatic N) is 1. The summed E-state index contributed by atoms with van der Waals surface area (Å²) in [7, 11) is -2.88. The Morgan fingerprint density at radius 1 is 1.00 bits per heavy atom. The summed E-state index contributed by atoms with van der Waals surface area (Å²) in [6.45, 7) is 1.31. The smallest absolute Gasteiger partial charge is 0.339 e. The fourth-order valence-corrected chi connectivity index (χ4v) is 4.78. The first-order chi connectivity index (χ1) is 15.6. The molecule has 0 aliphatic carbocycles. The maximum atomic E-state index is 13.4. The highest BCUT2D eigenvalue weighted by Crippen LogP contribution is 2.27. The third kappa shape index (κ3) is 5.84. The highest BCUT2D eigenvalue weighted by Gasteiger charge is 2.27. The SMILES string of the molecule is COC(=O)c1cc(NC(=O)CN(c2cccc(Cl)c2)S(=O)(=O)c2ccc(C)cc2)ccc1Cl. The number of aryl methyl sites for hydroxylation is 1. The summed E-state index contributed by atoms with van der Waals surface area (Å²) in [5, 5.41) is 3.06. The van der Waals surface area contributed by atoms with Gasteiger partial charge in [-0.05, 0) is 55.5 Å². The van der Waals surface area contributed by atoms with E-state index in [0.29, 0.717) is 5.02 Å². The van der Waals surface area contributed by atoms with Crippen LogP contribution in [0.5, 0.6) is 0 Å². The zero-order valence-corrected chi connectivity index (χ0v) is 20.0. The quantitative estimate of drug-likeness (QED) is 0.459. The standard InChI is InChI=1S/C23H20Cl2N2O5S/c1-15-6-9-19(10-7-15)33(30,31)27(18-5-3-4-16(24)12-18)14-22(28)26-17-8-11-21(25)20(13-17)23(29)32-2/h3-13H,14H2,1-2H3,(H,26,28). The van der Waals surface area contributed by atoms with Crippen molar-refractivity contribution in [2.75, 3.05) is 23.3 Å². The van der Waals surface area contributed by atoms with Crippen molar-refractivity contribution in [3.8, 4) is 0 Å². The molecule has 0 atom stereocenters. The van der Waals surface area contributed by atoms with E-state index >= 15 is 0 Å². The number of carbonyl (C=O) groups excluding carboxylic acids is 2. The first-order valence-corrected chi connectivity index (χ1v) is 11.8. The Labute approximate surface area is 201 Å². The van der Waals surface area contributed by atoms with Gasteiger partial charge in [-0.3, -0.25) is 9.10 Å². The van der Waals surface area contributed by atoms with Crippen LogP contribution in [0.4, 0.5) is 11.4 Å². The van der Waals surface area contributed by atoms with Crippen molar-refractivity contribution in [3.05, 3.63) is 87.9 Å². The van der Waals surface area contributed by atoms with Gasteiger partial charge in [0.2, 0.25) is 5.91 Å². The van der Waals surface area contributed by atoms with Gasteiger partial charge in [-0.2, -0.15) is 0 Å². The lowest BCUT2D eigenvalue weighted by atomic mass is 10.2. The second-order valence-corrected chi connectivity index (χ2v) is 9.74. The van der Waals surface area contributed by atoms with Crippen molar-refractivity contribution < 1.29 is 22.7 Å². The van der Waals surface area contributed by atoms with Crippen LogP contribution in [0.2, 0.25) is 10.0 Å². The number of methoxy groups -OCH3 is 1. The van der Waals surface area contributed by atoms with Gasteiger partial charge in [0.15, 0.2) is 0 Å². The zero-order valence-electron chi connectivity index (χ0n) is 17.7.